The number of halogens is 1. The number of anilines is 2. The van der Waals surface area contributed by atoms with Crippen LogP contribution in [-0.4, -0.2) is 59.3 Å². The standard InChI is InChI=1S/C24H23ClN6O4/c1-12-6-14(8-19(25)27-12)16-9-26-21-20(16)23(34-3)31-24(30-21)29-17-5-4-13(7-18(17)33-2)22(32)28-15-10-35-11-15/h4-9,15H,10-11H2,1-3H3,(H,28,32)(H2,26,29,30,31). The number of benzene rings is 1. The summed E-state index contributed by atoms with van der Waals surface area (Å²) in [5, 5.41) is 7.19. The van der Waals surface area contributed by atoms with Gasteiger partial charge in [-0.1, -0.05) is 11.6 Å². The highest BCUT2D eigenvalue weighted by Crippen LogP contribution is 2.36. The third kappa shape index (κ3) is 4.58. The molecule has 10 nitrogen and oxygen atoms in total. The Kier molecular flexibility index (Phi) is 6.14. The molecular weight excluding hydrogens is 472 g/mol. The van der Waals surface area contributed by atoms with E-state index in [0.717, 1.165) is 22.2 Å². The van der Waals surface area contributed by atoms with E-state index >= 15 is 0 Å². The van der Waals surface area contributed by atoms with Gasteiger partial charge in [-0.25, -0.2) is 4.98 Å². The topological polar surface area (TPSA) is 123 Å². The molecule has 4 aromatic rings. The molecule has 3 aromatic heterocycles. The van der Waals surface area contributed by atoms with E-state index in [1.165, 1.54) is 7.11 Å². The summed E-state index contributed by atoms with van der Waals surface area (Å²) in [6, 6.07) is 8.86. The number of pyridine rings is 1. The first-order valence-corrected chi connectivity index (χ1v) is 11.2. The summed E-state index contributed by atoms with van der Waals surface area (Å²) in [7, 11) is 3.08. The average molecular weight is 495 g/mol. The van der Waals surface area contributed by atoms with Crippen molar-refractivity contribution in [1.29, 1.82) is 0 Å². The van der Waals surface area contributed by atoms with Gasteiger partial charge in [0.15, 0.2) is 0 Å². The van der Waals surface area contributed by atoms with Gasteiger partial charge in [0.05, 0.1) is 44.5 Å². The molecule has 0 saturated carbocycles. The molecule has 1 saturated heterocycles. The fraction of sp³-hybridized carbons (Fsp3) is 0.250. The number of carbonyl (C=O) groups is 1. The van der Waals surface area contributed by atoms with Crippen LogP contribution in [0.25, 0.3) is 22.2 Å². The molecule has 11 heteroatoms. The number of methoxy groups -OCH3 is 2. The van der Waals surface area contributed by atoms with E-state index in [1.54, 1.807) is 31.4 Å². The maximum Gasteiger partial charge on any atom is 0.251 e. The number of nitrogens with one attached hydrogen (secondary N) is 3. The zero-order valence-corrected chi connectivity index (χ0v) is 20.1. The second kappa shape index (κ2) is 9.40. The molecule has 0 unspecified atom stereocenters. The van der Waals surface area contributed by atoms with Crippen molar-refractivity contribution in [1.82, 2.24) is 25.3 Å². The van der Waals surface area contributed by atoms with Gasteiger partial charge in [-0.05, 0) is 42.8 Å². The summed E-state index contributed by atoms with van der Waals surface area (Å²) in [5.74, 6) is 0.970. The number of hydrogen-bond acceptors (Lipinski definition) is 8. The van der Waals surface area contributed by atoms with E-state index in [4.69, 9.17) is 25.8 Å². The largest absolute Gasteiger partial charge is 0.495 e. The number of carbonyl (C=O) groups excluding carboxylic acids is 1. The molecule has 180 valence electrons. The number of nitrogens with zero attached hydrogens (tertiary/aromatic N) is 3. The van der Waals surface area contributed by atoms with Crippen LogP contribution in [0.1, 0.15) is 16.1 Å². The highest BCUT2D eigenvalue weighted by atomic mass is 35.5. The minimum absolute atomic E-state index is 0.0386. The number of hydrogen-bond donors (Lipinski definition) is 3. The van der Waals surface area contributed by atoms with E-state index in [1.807, 2.05) is 19.2 Å². The average Bonchev–Trinajstić information content (AvgIpc) is 3.24. The number of aryl methyl sites for hydroxylation is 1. The minimum Gasteiger partial charge on any atom is -0.495 e. The first-order valence-electron chi connectivity index (χ1n) is 10.9. The molecular formula is C24H23ClN6O4. The highest BCUT2D eigenvalue weighted by Gasteiger charge is 2.22. The Balaban J connectivity index is 1.46. The van der Waals surface area contributed by atoms with Gasteiger partial charge < -0.3 is 29.8 Å². The van der Waals surface area contributed by atoms with Crippen molar-refractivity contribution in [2.75, 3.05) is 32.8 Å². The maximum absolute atomic E-state index is 12.5. The van der Waals surface area contributed by atoms with E-state index in [2.05, 4.69) is 30.6 Å². The molecule has 35 heavy (non-hydrogen) atoms. The molecule has 1 fully saturated rings. The van der Waals surface area contributed by atoms with Crippen molar-refractivity contribution >= 4 is 40.2 Å². The predicted molar refractivity (Wildman–Crippen MR) is 132 cm³/mol. The molecule has 1 aliphatic heterocycles. The van der Waals surface area contributed by atoms with Gasteiger partial charge in [-0.3, -0.25) is 4.79 Å². The van der Waals surface area contributed by atoms with Gasteiger partial charge in [-0.2, -0.15) is 9.97 Å². The second-order valence-corrected chi connectivity index (χ2v) is 8.44. The van der Waals surface area contributed by atoms with Gasteiger partial charge >= 0.3 is 0 Å². The zero-order valence-electron chi connectivity index (χ0n) is 19.3. The maximum atomic E-state index is 12.5. The van der Waals surface area contributed by atoms with Gasteiger partial charge in [-0.15, -0.1) is 0 Å². The van der Waals surface area contributed by atoms with Crippen molar-refractivity contribution in [3.8, 4) is 22.8 Å². The van der Waals surface area contributed by atoms with Crippen LogP contribution in [0.5, 0.6) is 11.6 Å². The Morgan fingerprint density at radius 3 is 2.66 bits per heavy atom. The minimum atomic E-state index is -0.187. The summed E-state index contributed by atoms with van der Waals surface area (Å²) in [6.45, 7) is 2.93. The van der Waals surface area contributed by atoms with Crippen LogP contribution in [0.3, 0.4) is 0 Å². The molecule has 0 bridgehead atoms. The molecule has 4 heterocycles. The monoisotopic (exact) mass is 494 g/mol. The SMILES string of the molecule is COc1cc(C(=O)NC2COC2)ccc1Nc1nc(OC)c2c(-c3cc(C)nc(Cl)c3)c[nH]c2n1. The number of aromatic amines is 1. The zero-order chi connectivity index (χ0) is 24.5. The molecule has 0 atom stereocenters. The van der Waals surface area contributed by atoms with E-state index in [-0.39, 0.29) is 11.9 Å². The molecule has 1 amide bonds. The van der Waals surface area contributed by atoms with Crippen molar-refractivity contribution in [2.45, 2.75) is 13.0 Å². The van der Waals surface area contributed by atoms with Gasteiger partial charge in [0.25, 0.3) is 5.91 Å². The second-order valence-electron chi connectivity index (χ2n) is 8.05. The fourth-order valence-electron chi connectivity index (χ4n) is 3.86. The van der Waals surface area contributed by atoms with Crippen LogP contribution in [0.2, 0.25) is 5.15 Å². The van der Waals surface area contributed by atoms with E-state index in [0.29, 0.717) is 52.8 Å². The number of amides is 1. The Morgan fingerprint density at radius 1 is 1.14 bits per heavy atom. The first-order chi connectivity index (χ1) is 16.9. The van der Waals surface area contributed by atoms with Crippen LogP contribution in [0.4, 0.5) is 11.6 Å². The highest BCUT2D eigenvalue weighted by molar-refractivity contribution is 6.29. The normalized spacial score (nSPS) is 13.4. The first kappa shape index (κ1) is 22.9. The molecule has 1 aliphatic rings. The Morgan fingerprint density at radius 2 is 1.97 bits per heavy atom. The lowest BCUT2D eigenvalue weighted by atomic mass is 10.1. The summed E-state index contributed by atoms with van der Waals surface area (Å²) in [6.07, 6.45) is 1.83. The third-order valence-electron chi connectivity index (χ3n) is 5.61. The summed E-state index contributed by atoms with van der Waals surface area (Å²) >= 11 is 6.17. The van der Waals surface area contributed by atoms with Gasteiger partial charge in [0, 0.05) is 23.0 Å². The molecule has 0 spiro atoms. The third-order valence-corrected chi connectivity index (χ3v) is 5.80. The summed E-state index contributed by atoms with van der Waals surface area (Å²) in [5.41, 5.74) is 4.18. The molecule has 1 aromatic carbocycles. The Labute approximate surface area is 206 Å². The van der Waals surface area contributed by atoms with Crippen LogP contribution in [0, 0.1) is 6.92 Å². The van der Waals surface area contributed by atoms with Crippen LogP contribution in [-0.2, 0) is 4.74 Å². The van der Waals surface area contributed by atoms with E-state index in [9.17, 15) is 4.79 Å². The molecule has 0 radical (unpaired) electrons. The van der Waals surface area contributed by atoms with E-state index < -0.39 is 0 Å². The Hall–Kier alpha value is -3.89. The van der Waals surface area contributed by atoms with Gasteiger partial charge in [0.1, 0.15) is 16.5 Å². The Bertz CT molecular complexity index is 1400. The predicted octanol–water partition coefficient (Wildman–Crippen LogP) is 3.87. The lowest BCUT2D eigenvalue weighted by molar-refractivity contribution is -0.00346. The quantitative estimate of drug-likeness (QED) is 0.331. The molecule has 5 rings (SSSR count). The fourth-order valence-corrected chi connectivity index (χ4v) is 4.11. The van der Waals surface area contributed by atoms with Crippen molar-refractivity contribution in [3.63, 3.8) is 0 Å². The molecule has 0 aliphatic carbocycles. The van der Waals surface area contributed by atoms with Crippen LogP contribution in [0.15, 0.2) is 36.5 Å². The van der Waals surface area contributed by atoms with Crippen LogP contribution < -0.4 is 20.1 Å². The van der Waals surface area contributed by atoms with Crippen molar-refractivity contribution < 1.29 is 19.0 Å². The van der Waals surface area contributed by atoms with Crippen LogP contribution >= 0.6 is 11.6 Å². The number of ether oxygens (including phenoxy) is 3. The van der Waals surface area contributed by atoms with Crippen molar-refractivity contribution in [3.05, 3.63) is 52.9 Å². The summed E-state index contributed by atoms with van der Waals surface area (Å²) < 4.78 is 16.2. The summed E-state index contributed by atoms with van der Waals surface area (Å²) in [4.78, 5) is 29.0. The number of fused-ring (bicyclic) bond motifs is 1. The number of rotatable bonds is 7. The number of H-pyrrole nitrogens is 1. The van der Waals surface area contributed by atoms with Gasteiger partial charge in [0.2, 0.25) is 11.8 Å². The van der Waals surface area contributed by atoms with Crippen molar-refractivity contribution in [2.24, 2.45) is 0 Å². The smallest absolute Gasteiger partial charge is 0.251 e. The molecule has 3 N–H and O–H groups in total. The lowest BCUT2D eigenvalue weighted by Gasteiger charge is -2.26. The number of aromatic nitrogens is 4. The lowest BCUT2D eigenvalue weighted by Crippen LogP contribution is -2.48.